The lowest BCUT2D eigenvalue weighted by atomic mass is 10.4. The molecule has 0 aliphatic heterocycles. The SMILES string of the molecule is O[C](O)CC(F)(F)F. The minimum atomic E-state index is -4.52. The maximum Gasteiger partial charge on any atom is 0.394 e. The highest BCUT2D eigenvalue weighted by atomic mass is 19.4. The molecule has 0 unspecified atom stereocenters. The van der Waals surface area contributed by atoms with Crippen molar-refractivity contribution in [2.75, 3.05) is 0 Å². The smallest absolute Gasteiger partial charge is 0.361 e. The van der Waals surface area contributed by atoms with Gasteiger partial charge in [-0.05, 0) is 0 Å². The van der Waals surface area contributed by atoms with E-state index in [0.717, 1.165) is 0 Å². The van der Waals surface area contributed by atoms with Gasteiger partial charge in [-0.3, -0.25) is 0 Å². The van der Waals surface area contributed by atoms with Crippen molar-refractivity contribution in [3.8, 4) is 0 Å². The van der Waals surface area contributed by atoms with E-state index in [4.69, 9.17) is 10.2 Å². The third kappa shape index (κ3) is 5.71. The van der Waals surface area contributed by atoms with Crippen molar-refractivity contribution in [3.63, 3.8) is 0 Å². The largest absolute Gasteiger partial charge is 0.394 e. The average Bonchev–Trinajstić information content (AvgIpc) is 1.21. The minimum absolute atomic E-state index is 1.60. The van der Waals surface area contributed by atoms with Crippen molar-refractivity contribution in [1.29, 1.82) is 0 Å². The van der Waals surface area contributed by atoms with Crippen LogP contribution in [-0.2, 0) is 0 Å². The van der Waals surface area contributed by atoms with Crippen molar-refractivity contribution < 1.29 is 23.4 Å². The molecule has 0 aliphatic rings. The molecule has 2 N–H and O–H groups in total. The van der Waals surface area contributed by atoms with Crippen molar-refractivity contribution in [1.82, 2.24) is 0 Å². The Morgan fingerprint density at radius 3 is 1.62 bits per heavy atom. The van der Waals surface area contributed by atoms with Crippen LogP contribution in [0.3, 0.4) is 0 Å². The molecule has 0 saturated heterocycles. The van der Waals surface area contributed by atoms with Crippen LogP contribution in [0.4, 0.5) is 13.2 Å². The van der Waals surface area contributed by atoms with Crippen LogP contribution in [0, 0.1) is 6.29 Å². The Kier molecular flexibility index (Phi) is 2.24. The third-order valence-electron chi connectivity index (χ3n) is 0.359. The molecular weight excluding hydrogens is 125 g/mol. The molecule has 0 atom stereocenters. The summed E-state index contributed by atoms with van der Waals surface area (Å²) in [5, 5.41) is 15.3. The zero-order valence-corrected chi connectivity index (χ0v) is 3.74. The van der Waals surface area contributed by atoms with E-state index in [2.05, 4.69) is 0 Å². The fraction of sp³-hybridized carbons (Fsp3) is 0.667. The van der Waals surface area contributed by atoms with Crippen molar-refractivity contribution in [3.05, 3.63) is 6.29 Å². The second-order valence-electron chi connectivity index (χ2n) is 1.21. The zero-order chi connectivity index (χ0) is 6.78. The van der Waals surface area contributed by atoms with Crippen LogP contribution in [0.1, 0.15) is 6.42 Å². The highest BCUT2D eigenvalue weighted by Crippen LogP contribution is 2.22. The van der Waals surface area contributed by atoms with E-state index in [0.29, 0.717) is 0 Å². The van der Waals surface area contributed by atoms with Gasteiger partial charge in [0.15, 0.2) is 0 Å². The van der Waals surface area contributed by atoms with Crippen LogP contribution >= 0.6 is 0 Å². The van der Waals surface area contributed by atoms with Gasteiger partial charge in [0.05, 0.1) is 0 Å². The van der Waals surface area contributed by atoms with Crippen molar-refractivity contribution in [2.24, 2.45) is 0 Å². The third-order valence-corrected chi connectivity index (χ3v) is 0.359. The molecule has 5 heteroatoms. The van der Waals surface area contributed by atoms with Crippen molar-refractivity contribution in [2.45, 2.75) is 12.6 Å². The lowest BCUT2D eigenvalue weighted by molar-refractivity contribution is -0.155. The maximum absolute atomic E-state index is 11.0. The van der Waals surface area contributed by atoms with Gasteiger partial charge in [-0.1, -0.05) is 0 Å². The van der Waals surface area contributed by atoms with Crippen LogP contribution < -0.4 is 0 Å². The molecule has 0 aromatic carbocycles. The second-order valence-corrected chi connectivity index (χ2v) is 1.21. The summed E-state index contributed by atoms with van der Waals surface area (Å²) in [6, 6.07) is 0. The Hall–Kier alpha value is -0.290. The summed E-state index contributed by atoms with van der Waals surface area (Å²) in [4.78, 5) is 0. The lowest BCUT2D eigenvalue weighted by Gasteiger charge is -2.04. The van der Waals surface area contributed by atoms with Gasteiger partial charge in [0.25, 0.3) is 0 Å². The number of hydrogen-bond acceptors (Lipinski definition) is 2. The summed E-state index contributed by atoms with van der Waals surface area (Å²) >= 11 is 0. The van der Waals surface area contributed by atoms with Gasteiger partial charge < -0.3 is 10.2 Å². The zero-order valence-electron chi connectivity index (χ0n) is 3.74. The predicted octanol–water partition coefficient (Wildman–Crippen LogP) is 1.17. The quantitative estimate of drug-likeness (QED) is 0.557. The molecular formula is C3H4F3O2. The number of aliphatic hydroxyl groups is 2. The summed E-state index contributed by atoms with van der Waals surface area (Å²) in [7, 11) is 0. The lowest BCUT2D eigenvalue weighted by Crippen LogP contribution is -2.12. The Labute approximate surface area is 43.6 Å². The summed E-state index contributed by atoms with van der Waals surface area (Å²) in [5.41, 5.74) is 0. The van der Waals surface area contributed by atoms with Crippen molar-refractivity contribution >= 4 is 0 Å². The van der Waals surface area contributed by atoms with Crippen LogP contribution in [0.25, 0.3) is 0 Å². The second kappa shape index (κ2) is 2.32. The summed E-state index contributed by atoms with van der Waals surface area (Å²) in [5.74, 6) is 0. The van der Waals surface area contributed by atoms with Gasteiger partial charge in [0.2, 0.25) is 6.29 Å². The standard InChI is InChI=1S/C3H4F3O2/c4-3(5,6)1-2(7)8/h7-8H,1H2. The molecule has 49 valence electrons. The molecule has 0 fully saturated rings. The van der Waals surface area contributed by atoms with Crippen LogP contribution in [0.5, 0.6) is 0 Å². The van der Waals surface area contributed by atoms with Crippen LogP contribution in [-0.4, -0.2) is 16.4 Å². The predicted molar refractivity (Wildman–Crippen MR) is 17.8 cm³/mol. The number of alkyl halides is 3. The molecule has 0 saturated carbocycles. The fourth-order valence-corrected chi connectivity index (χ4v) is 0.179. The molecule has 0 amide bonds. The normalized spacial score (nSPS) is 12.8. The number of hydrogen-bond donors (Lipinski definition) is 2. The highest BCUT2D eigenvalue weighted by Gasteiger charge is 2.30. The molecule has 0 aromatic rings. The first kappa shape index (κ1) is 7.71. The molecule has 8 heavy (non-hydrogen) atoms. The first-order chi connectivity index (χ1) is 3.42. The van der Waals surface area contributed by atoms with E-state index in [1.165, 1.54) is 0 Å². The Bertz CT molecular complexity index is 67.4. The molecule has 0 aliphatic carbocycles. The summed E-state index contributed by atoms with van der Waals surface area (Å²) in [6.07, 6.45) is -7.76. The Morgan fingerprint density at radius 2 is 1.62 bits per heavy atom. The van der Waals surface area contributed by atoms with Gasteiger partial charge >= 0.3 is 6.18 Å². The molecule has 0 heterocycles. The van der Waals surface area contributed by atoms with E-state index in [1.807, 2.05) is 0 Å². The molecule has 1 radical (unpaired) electrons. The van der Waals surface area contributed by atoms with Gasteiger partial charge in [-0.15, -0.1) is 0 Å². The fourth-order valence-electron chi connectivity index (χ4n) is 0.179. The summed E-state index contributed by atoms with van der Waals surface area (Å²) < 4.78 is 32.9. The van der Waals surface area contributed by atoms with E-state index >= 15 is 0 Å². The van der Waals surface area contributed by atoms with Gasteiger partial charge in [-0.25, -0.2) is 0 Å². The minimum Gasteiger partial charge on any atom is -0.361 e. The monoisotopic (exact) mass is 129 g/mol. The van der Waals surface area contributed by atoms with Crippen LogP contribution in [0.15, 0.2) is 0 Å². The Balaban J connectivity index is 3.39. The first-order valence-corrected chi connectivity index (χ1v) is 1.72. The number of rotatable bonds is 1. The highest BCUT2D eigenvalue weighted by molar-refractivity contribution is 4.63. The van der Waals surface area contributed by atoms with E-state index < -0.39 is 18.9 Å². The molecule has 2 nitrogen and oxygen atoms in total. The number of aliphatic hydroxyl groups excluding tert-OH is 1. The van der Waals surface area contributed by atoms with Gasteiger partial charge in [0.1, 0.15) is 6.42 Å². The molecule has 0 aromatic heterocycles. The summed E-state index contributed by atoms with van der Waals surface area (Å²) in [6.45, 7) is 0. The maximum atomic E-state index is 11.0. The van der Waals surface area contributed by atoms with E-state index in [-0.39, 0.29) is 0 Å². The Morgan fingerprint density at radius 1 is 1.25 bits per heavy atom. The van der Waals surface area contributed by atoms with Crippen LogP contribution in [0.2, 0.25) is 0 Å². The number of halogens is 3. The topological polar surface area (TPSA) is 40.5 Å². The van der Waals surface area contributed by atoms with E-state index in [1.54, 1.807) is 0 Å². The van der Waals surface area contributed by atoms with E-state index in [9.17, 15) is 13.2 Å². The van der Waals surface area contributed by atoms with Gasteiger partial charge in [0, 0.05) is 0 Å². The average molecular weight is 129 g/mol. The van der Waals surface area contributed by atoms with Gasteiger partial charge in [-0.2, -0.15) is 13.2 Å². The molecule has 0 bridgehead atoms. The molecule has 0 spiro atoms. The first-order valence-electron chi connectivity index (χ1n) is 1.72. The molecule has 0 rings (SSSR count).